The average Bonchev–Trinajstić information content (AvgIpc) is 2.74. The number of benzene rings is 2. The number of aryl methyl sites for hydroxylation is 2. The van der Waals surface area contributed by atoms with Gasteiger partial charge in [-0.3, -0.25) is 14.4 Å². The van der Waals surface area contributed by atoms with Gasteiger partial charge in [-0.1, -0.05) is 30.3 Å². The molecule has 1 atom stereocenters. The molecule has 0 aliphatic carbocycles. The van der Waals surface area contributed by atoms with Gasteiger partial charge >= 0.3 is 11.9 Å². The first kappa shape index (κ1) is 24.1. The minimum Gasteiger partial charge on any atom is -0.489 e. The summed E-state index contributed by atoms with van der Waals surface area (Å²) in [5.41, 5.74) is 3.70. The zero-order valence-corrected chi connectivity index (χ0v) is 18.6. The highest BCUT2D eigenvalue weighted by molar-refractivity contribution is 6.09. The summed E-state index contributed by atoms with van der Waals surface area (Å²) >= 11 is 0. The molecule has 0 aromatic heterocycles. The largest absolute Gasteiger partial charge is 0.489 e. The van der Waals surface area contributed by atoms with E-state index >= 15 is 0 Å². The minimum atomic E-state index is -1.07. The summed E-state index contributed by atoms with van der Waals surface area (Å²) in [5.74, 6) is -2.03. The molecule has 0 saturated carbocycles. The lowest BCUT2D eigenvalue weighted by Crippen LogP contribution is -2.27. The van der Waals surface area contributed by atoms with E-state index < -0.39 is 23.6 Å². The summed E-state index contributed by atoms with van der Waals surface area (Å²) in [6, 6.07) is 12.8. The number of rotatable bonds is 11. The van der Waals surface area contributed by atoms with Crippen molar-refractivity contribution >= 4 is 17.7 Å². The molecule has 0 aliphatic heterocycles. The smallest absolute Gasteiger partial charge is 0.316 e. The molecular weight excluding hydrogens is 396 g/mol. The van der Waals surface area contributed by atoms with E-state index in [1.807, 2.05) is 32.0 Å². The van der Waals surface area contributed by atoms with Gasteiger partial charge in [0.15, 0.2) is 5.78 Å². The van der Waals surface area contributed by atoms with Crippen LogP contribution in [0, 0.1) is 19.8 Å². The lowest BCUT2D eigenvalue weighted by molar-refractivity contribution is -0.147. The molecule has 0 heterocycles. The second-order valence-corrected chi connectivity index (χ2v) is 7.20. The van der Waals surface area contributed by atoms with Gasteiger partial charge in [-0.2, -0.15) is 0 Å². The third-order valence-electron chi connectivity index (χ3n) is 4.98. The highest BCUT2D eigenvalue weighted by atomic mass is 16.5. The molecule has 0 amide bonds. The molecule has 0 fully saturated rings. The fraction of sp³-hybridized carbons (Fsp3) is 0.400. The normalized spacial score (nSPS) is 11.5. The minimum absolute atomic E-state index is 0.0317. The number of ether oxygens (including phenoxy) is 3. The monoisotopic (exact) mass is 426 g/mol. The van der Waals surface area contributed by atoms with Crippen LogP contribution in [0.5, 0.6) is 5.75 Å². The molecule has 166 valence electrons. The summed E-state index contributed by atoms with van der Waals surface area (Å²) in [6.45, 7) is 8.21. The number of carbonyl (C=O) groups excluding carboxylic acids is 3. The van der Waals surface area contributed by atoms with E-state index in [1.165, 1.54) is 0 Å². The Kier molecular flexibility index (Phi) is 9.25. The first-order valence-electron chi connectivity index (χ1n) is 10.5. The van der Waals surface area contributed by atoms with Crippen LogP contribution in [0.15, 0.2) is 42.5 Å². The summed E-state index contributed by atoms with van der Waals surface area (Å²) in [5, 5.41) is 0. The van der Waals surface area contributed by atoms with Crippen molar-refractivity contribution in [2.24, 2.45) is 5.92 Å². The predicted octanol–water partition coefficient (Wildman–Crippen LogP) is 4.59. The van der Waals surface area contributed by atoms with Crippen molar-refractivity contribution in [2.75, 3.05) is 13.2 Å². The van der Waals surface area contributed by atoms with Gasteiger partial charge in [-0.15, -0.1) is 0 Å². The number of Topliss-reactive ketones (excluding diaryl/α,β-unsaturated/α-hetero) is 1. The van der Waals surface area contributed by atoms with Crippen LogP contribution in [0.2, 0.25) is 0 Å². The van der Waals surface area contributed by atoms with E-state index in [0.717, 1.165) is 16.7 Å². The molecule has 1 unspecified atom stereocenters. The van der Waals surface area contributed by atoms with Crippen LogP contribution in [0.25, 0.3) is 0 Å². The molecule has 6 heteroatoms. The summed E-state index contributed by atoms with van der Waals surface area (Å²) in [6.07, 6.45) is -0.00416. The van der Waals surface area contributed by atoms with Gasteiger partial charge in [0.05, 0.1) is 13.2 Å². The van der Waals surface area contributed by atoms with Crippen molar-refractivity contribution in [2.45, 2.75) is 47.1 Å². The van der Waals surface area contributed by atoms with Crippen molar-refractivity contribution in [1.29, 1.82) is 0 Å². The standard InChI is InChI=1S/C25H30O6/c1-5-29-23(26)14-13-21(25(28)30-6-2)24(27)19-11-8-12-20(15-19)31-16-22-17(3)9-7-10-18(22)4/h7-12,15,21H,5-6,13-14,16H2,1-4H3. The summed E-state index contributed by atoms with van der Waals surface area (Å²) in [4.78, 5) is 37.1. The summed E-state index contributed by atoms with van der Waals surface area (Å²) in [7, 11) is 0. The van der Waals surface area contributed by atoms with Gasteiger partial charge in [0, 0.05) is 12.0 Å². The van der Waals surface area contributed by atoms with Gasteiger partial charge in [0.25, 0.3) is 0 Å². The van der Waals surface area contributed by atoms with Crippen LogP contribution < -0.4 is 4.74 Å². The molecule has 6 nitrogen and oxygen atoms in total. The molecule has 0 aliphatic rings. The topological polar surface area (TPSA) is 78.9 Å². The Bertz CT molecular complexity index is 898. The molecule has 0 saturated heterocycles. The maximum atomic E-state index is 13.1. The van der Waals surface area contributed by atoms with Gasteiger partial charge in [-0.05, 0) is 62.9 Å². The number of hydrogen-bond acceptors (Lipinski definition) is 6. The maximum absolute atomic E-state index is 13.1. The Morgan fingerprint density at radius 3 is 2.19 bits per heavy atom. The van der Waals surface area contributed by atoms with Crippen molar-refractivity contribution < 1.29 is 28.6 Å². The van der Waals surface area contributed by atoms with Gasteiger partial charge in [-0.25, -0.2) is 0 Å². The van der Waals surface area contributed by atoms with Gasteiger partial charge in [0.2, 0.25) is 0 Å². The van der Waals surface area contributed by atoms with Crippen LogP contribution in [-0.4, -0.2) is 30.9 Å². The van der Waals surface area contributed by atoms with E-state index in [0.29, 0.717) is 17.9 Å². The Morgan fingerprint density at radius 1 is 0.903 bits per heavy atom. The van der Waals surface area contributed by atoms with E-state index in [4.69, 9.17) is 14.2 Å². The Morgan fingerprint density at radius 2 is 1.55 bits per heavy atom. The maximum Gasteiger partial charge on any atom is 0.316 e. The van der Waals surface area contributed by atoms with Gasteiger partial charge < -0.3 is 14.2 Å². The van der Waals surface area contributed by atoms with Gasteiger partial charge in [0.1, 0.15) is 18.3 Å². The molecule has 2 rings (SSSR count). The van der Waals surface area contributed by atoms with E-state index in [1.54, 1.807) is 38.1 Å². The van der Waals surface area contributed by atoms with Crippen LogP contribution in [-0.2, 0) is 25.7 Å². The molecule has 2 aromatic rings. The van der Waals surface area contributed by atoms with Crippen LogP contribution in [0.1, 0.15) is 53.7 Å². The third-order valence-corrected chi connectivity index (χ3v) is 4.98. The highest BCUT2D eigenvalue weighted by Gasteiger charge is 2.30. The zero-order chi connectivity index (χ0) is 22.8. The first-order valence-corrected chi connectivity index (χ1v) is 10.5. The number of ketones is 1. The number of esters is 2. The predicted molar refractivity (Wildman–Crippen MR) is 117 cm³/mol. The quantitative estimate of drug-likeness (QED) is 0.297. The van der Waals surface area contributed by atoms with Crippen molar-refractivity contribution in [3.05, 3.63) is 64.7 Å². The average molecular weight is 427 g/mol. The number of carbonyl (C=O) groups is 3. The van der Waals surface area contributed by atoms with Crippen molar-refractivity contribution in [1.82, 2.24) is 0 Å². The molecular formula is C25H30O6. The first-order chi connectivity index (χ1) is 14.9. The molecule has 0 spiro atoms. The summed E-state index contributed by atoms with van der Waals surface area (Å²) < 4.78 is 15.9. The van der Waals surface area contributed by atoms with E-state index in [-0.39, 0.29) is 26.1 Å². The highest BCUT2D eigenvalue weighted by Crippen LogP contribution is 2.22. The van der Waals surface area contributed by atoms with Crippen LogP contribution in [0.4, 0.5) is 0 Å². The fourth-order valence-corrected chi connectivity index (χ4v) is 3.27. The van der Waals surface area contributed by atoms with Crippen LogP contribution >= 0.6 is 0 Å². The van der Waals surface area contributed by atoms with Crippen LogP contribution in [0.3, 0.4) is 0 Å². The third kappa shape index (κ3) is 6.95. The Hall–Kier alpha value is -3.15. The Labute approximate surface area is 183 Å². The molecule has 0 bridgehead atoms. The fourth-order valence-electron chi connectivity index (χ4n) is 3.27. The molecule has 0 radical (unpaired) electrons. The van der Waals surface area contributed by atoms with Crippen molar-refractivity contribution in [3.63, 3.8) is 0 Å². The SMILES string of the molecule is CCOC(=O)CCC(C(=O)OCC)C(=O)c1cccc(OCc2c(C)cccc2C)c1. The molecule has 2 aromatic carbocycles. The second kappa shape index (κ2) is 11.9. The lowest BCUT2D eigenvalue weighted by atomic mass is 9.93. The zero-order valence-electron chi connectivity index (χ0n) is 18.6. The van der Waals surface area contributed by atoms with E-state index in [9.17, 15) is 14.4 Å². The van der Waals surface area contributed by atoms with E-state index in [2.05, 4.69) is 0 Å². The second-order valence-electron chi connectivity index (χ2n) is 7.20. The molecule has 31 heavy (non-hydrogen) atoms. The number of hydrogen-bond donors (Lipinski definition) is 0. The molecule has 0 N–H and O–H groups in total. The lowest BCUT2D eigenvalue weighted by Gasteiger charge is -2.15. The Balaban J connectivity index is 2.15. The van der Waals surface area contributed by atoms with Crippen molar-refractivity contribution in [3.8, 4) is 5.75 Å².